The highest BCUT2D eigenvalue weighted by Crippen LogP contribution is 2.23. The molecule has 1 amide bonds. The minimum absolute atomic E-state index is 0.0943. The molecule has 1 fully saturated rings. The Bertz CT molecular complexity index is 985. The number of anilines is 1. The van der Waals surface area contributed by atoms with Crippen molar-refractivity contribution in [1.29, 1.82) is 0 Å². The van der Waals surface area contributed by atoms with Gasteiger partial charge in [-0.1, -0.05) is 6.07 Å². The molecule has 1 aromatic heterocycles. The quantitative estimate of drug-likeness (QED) is 0.577. The van der Waals surface area contributed by atoms with Gasteiger partial charge < -0.3 is 10.2 Å². The van der Waals surface area contributed by atoms with Crippen LogP contribution in [0.25, 0.3) is 0 Å². The first kappa shape index (κ1) is 19.7. The topological polar surface area (TPSA) is 126 Å². The smallest absolute Gasteiger partial charge is 0.270 e. The fourth-order valence-corrected chi connectivity index (χ4v) is 4.38. The molecule has 0 atom stereocenters. The van der Waals surface area contributed by atoms with E-state index in [4.69, 9.17) is 0 Å². The van der Waals surface area contributed by atoms with Crippen molar-refractivity contribution in [2.45, 2.75) is 4.90 Å². The monoisotopic (exact) mass is 405 g/mol. The Morgan fingerprint density at radius 1 is 1.18 bits per heavy atom. The lowest BCUT2D eigenvalue weighted by molar-refractivity contribution is -0.385. The SMILES string of the molecule is CNC(=O)c1ccc(N2CCN(S(=O)(=O)c3cccc([N+](=O)[O-])c3)CC2)nc1. The van der Waals surface area contributed by atoms with Crippen LogP contribution in [-0.4, -0.2) is 61.8 Å². The summed E-state index contributed by atoms with van der Waals surface area (Å²) in [5.41, 5.74) is 0.179. The van der Waals surface area contributed by atoms with E-state index in [1.54, 1.807) is 12.1 Å². The Morgan fingerprint density at radius 2 is 1.89 bits per heavy atom. The van der Waals surface area contributed by atoms with E-state index in [0.29, 0.717) is 24.5 Å². The largest absolute Gasteiger partial charge is 0.355 e. The van der Waals surface area contributed by atoms with Gasteiger partial charge >= 0.3 is 0 Å². The highest BCUT2D eigenvalue weighted by atomic mass is 32.2. The lowest BCUT2D eigenvalue weighted by Gasteiger charge is -2.34. The lowest BCUT2D eigenvalue weighted by atomic mass is 10.2. The normalized spacial score (nSPS) is 15.2. The van der Waals surface area contributed by atoms with Crippen LogP contribution >= 0.6 is 0 Å². The number of non-ortho nitro benzene ring substituents is 1. The number of nitrogens with zero attached hydrogens (tertiary/aromatic N) is 4. The van der Waals surface area contributed by atoms with Gasteiger partial charge in [-0.2, -0.15) is 4.31 Å². The van der Waals surface area contributed by atoms with Gasteiger partial charge in [-0.05, 0) is 18.2 Å². The number of hydrogen-bond donors (Lipinski definition) is 1. The van der Waals surface area contributed by atoms with E-state index in [1.165, 1.54) is 35.7 Å². The highest BCUT2D eigenvalue weighted by Gasteiger charge is 2.30. The van der Waals surface area contributed by atoms with Crippen molar-refractivity contribution in [2.75, 3.05) is 38.1 Å². The Morgan fingerprint density at radius 3 is 2.46 bits per heavy atom. The van der Waals surface area contributed by atoms with Gasteiger partial charge in [0.1, 0.15) is 5.82 Å². The van der Waals surface area contributed by atoms with Gasteiger partial charge in [0.05, 0.1) is 15.4 Å². The summed E-state index contributed by atoms with van der Waals surface area (Å²) < 4.78 is 26.9. The molecule has 1 aliphatic heterocycles. The second kappa shape index (κ2) is 7.90. The summed E-state index contributed by atoms with van der Waals surface area (Å²) in [4.78, 5) is 28.0. The van der Waals surface area contributed by atoms with Gasteiger partial charge in [0.25, 0.3) is 11.6 Å². The van der Waals surface area contributed by atoms with E-state index in [-0.39, 0.29) is 29.6 Å². The molecular weight excluding hydrogens is 386 g/mol. The van der Waals surface area contributed by atoms with Gasteiger partial charge in [-0.15, -0.1) is 0 Å². The first-order chi connectivity index (χ1) is 13.3. The molecule has 1 N–H and O–H groups in total. The molecule has 1 aromatic carbocycles. The molecule has 2 aromatic rings. The van der Waals surface area contributed by atoms with Crippen LogP contribution in [-0.2, 0) is 10.0 Å². The Hall–Kier alpha value is -3.05. The summed E-state index contributed by atoms with van der Waals surface area (Å²) in [5, 5.41) is 13.4. The summed E-state index contributed by atoms with van der Waals surface area (Å²) in [6, 6.07) is 8.42. The van der Waals surface area contributed by atoms with Crippen molar-refractivity contribution < 1.29 is 18.1 Å². The molecule has 0 radical (unpaired) electrons. The molecule has 0 bridgehead atoms. The highest BCUT2D eigenvalue weighted by molar-refractivity contribution is 7.89. The zero-order chi connectivity index (χ0) is 20.3. The number of benzene rings is 1. The fourth-order valence-electron chi connectivity index (χ4n) is 2.92. The van der Waals surface area contributed by atoms with Crippen LogP contribution in [0.5, 0.6) is 0 Å². The lowest BCUT2D eigenvalue weighted by Crippen LogP contribution is -2.48. The zero-order valence-corrected chi connectivity index (χ0v) is 15.9. The summed E-state index contributed by atoms with van der Waals surface area (Å²) in [6.45, 7) is 1.29. The van der Waals surface area contributed by atoms with E-state index in [0.717, 1.165) is 6.07 Å². The average molecular weight is 405 g/mol. The van der Waals surface area contributed by atoms with Crippen molar-refractivity contribution in [1.82, 2.24) is 14.6 Å². The van der Waals surface area contributed by atoms with E-state index in [9.17, 15) is 23.3 Å². The average Bonchev–Trinajstić information content (AvgIpc) is 2.73. The van der Waals surface area contributed by atoms with Gasteiger partial charge in [-0.3, -0.25) is 14.9 Å². The molecule has 0 aliphatic carbocycles. The third-order valence-electron chi connectivity index (χ3n) is 4.47. The predicted molar refractivity (Wildman–Crippen MR) is 102 cm³/mol. The molecule has 28 heavy (non-hydrogen) atoms. The standard InChI is InChI=1S/C17H19N5O5S/c1-18-17(23)13-5-6-16(19-12-13)20-7-9-21(10-8-20)28(26,27)15-4-2-3-14(11-15)22(24)25/h2-6,11-12H,7-10H2,1H3,(H,18,23). The first-order valence-corrected chi connectivity index (χ1v) is 9.94. The number of carbonyl (C=O) groups is 1. The maximum Gasteiger partial charge on any atom is 0.270 e. The van der Waals surface area contributed by atoms with E-state index in [2.05, 4.69) is 10.3 Å². The van der Waals surface area contributed by atoms with Gasteiger partial charge in [0.15, 0.2) is 0 Å². The van der Waals surface area contributed by atoms with Crippen LogP contribution < -0.4 is 10.2 Å². The predicted octanol–water partition coefficient (Wildman–Crippen LogP) is 0.860. The Labute approximate surface area is 162 Å². The van der Waals surface area contributed by atoms with Crippen LogP contribution in [0.2, 0.25) is 0 Å². The molecule has 10 nitrogen and oxygen atoms in total. The maximum atomic E-state index is 12.8. The van der Waals surface area contributed by atoms with Crippen LogP contribution in [0.15, 0.2) is 47.5 Å². The molecule has 1 saturated heterocycles. The van der Waals surface area contributed by atoms with Gasteiger partial charge in [0, 0.05) is 51.6 Å². The summed E-state index contributed by atoms with van der Waals surface area (Å²) in [6.07, 6.45) is 1.47. The maximum absolute atomic E-state index is 12.8. The van der Waals surface area contributed by atoms with Crippen LogP contribution in [0.4, 0.5) is 11.5 Å². The Kier molecular flexibility index (Phi) is 5.56. The number of rotatable bonds is 5. The summed E-state index contributed by atoms with van der Waals surface area (Å²) >= 11 is 0. The third-order valence-corrected chi connectivity index (χ3v) is 6.36. The summed E-state index contributed by atoms with van der Waals surface area (Å²) in [7, 11) is -2.28. The number of sulfonamides is 1. The third kappa shape index (κ3) is 3.94. The molecule has 0 unspecified atom stereocenters. The Balaban J connectivity index is 1.70. The molecule has 3 rings (SSSR count). The molecule has 0 spiro atoms. The van der Waals surface area contributed by atoms with Crippen LogP contribution in [0.3, 0.4) is 0 Å². The number of nitro groups is 1. The molecular formula is C17H19N5O5S. The molecule has 0 saturated carbocycles. The number of nitrogens with one attached hydrogen (secondary N) is 1. The van der Waals surface area contributed by atoms with Gasteiger partial charge in [0.2, 0.25) is 10.0 Å². The van der Waals surface area contributed by atoms with Crippen molar-refractivity contribution in [3.63, 3.8) is 0 Å². The molecule has 148 valence electrons. The second-order valence-corrected chi connectivity index (χ2v) is 8.07. The van der Waals surface area contributed by atoms with E-state index in [1.807, 2.05) is 4.90 Å². The summed E-state index contributed by atoms with van der Waals surface area (Å²) in [5.74, 6) is 0.423. The number of amides is 1. The second-order valence-electron chi connectivity index (χ2n) is 6.13. The molecule has 11 heteroatoms. The zero-order valence-electron chi connectivity index (χ0n) is 15.1. The van der Waals surface area contributed by atoms with Crippen molar-refractivity contribution in [2.24, 2.45) is 0 Å². The molecule has 2 heterocycles. The fraction of sp³-hybridized carbons (Fsp3) is 0.294. The number of piperazine rings is 1. The number of pyridine rings is 1. The number of aromatic nitrogens is 1. The van der Waals surface area contributed by atoms with Crippen LogP contribution in [0.1, 0.15) is 10.4 Å². The first-order valence-electron chi connectivity index (χ1n) is 8.50. The minimum atomic E-state index is -3.82. The van der Waals surface area contributed by atoms with Crippen molar-refractivity contribution in [3.8, 4) is 0 Å². The van der Waals surface area contributed by atoms with E-state index >= 15 is 0 Å². The minimum Gasteiger partial charge on any atom is -0.355 e. The number of nitro benzene ring substituents is 1. The molecule has 1 aliphatic rings. The van der Waals surface area contributed by atoms with Crippen LogP contribution in [0, 0.1) is 10.1 Å². The van der Waals surface area contributed by atoms with E-state index < -0.39 is 14.9 Å². The number of hydrogen-bond acceptors (Lipinski definition) is 7. The van der Waals surface area contributed by atoms with Crippen molar-refractivity contribution >= 4 is 27.4 Å². The number of carbonyl (C=O) groups excluding carboxylic acids is 1. The van der Waals surface area contributed by atoms with Crippen molar-refractivity contribution in [3.05, 3.63) is 58.3 Å². The van der Waals surface area contributed by atoms with Gasteiger partial charge in [-0.25, -0.2) is 13.4 Å².